The van der Waals surface area contributed by atoms with Crippen LogP contribution in [-0.2, 0) is 17.6 Å². The Morgan fingerprint density at radius 2 is 2.27 bits per heavy atom. The van der Waals surface area contributed by atoms with E-state index in [1.165, 1.54) is 10.9 Å². The van der Waals surface area contributed by atoms with E-state index < -0.39 is 0 Å². The van der Waals surface area contributed by atoms with Crippen molar-refractivity contribution < 1.29 is 9.53 Å². The molecule has 0 aliphatic rings. The van der Waals surface area contributed by atoms with E-state index in [-0.39, 0.29) is 5.91 Å². The molecule has 0 unspecified atom stereocenters. The van der Waals surface area contributed by atoms with E-state index in [0.717, 1.165) is 22.6 Å². The van der Waals surface area contributed by atoms with Crippen LogP contribution in [0.5, 0.6) is 5.75 Å². The lowest BCUT2D eigenvalue weighted by atomic mass is 10.1. The Morgan fingerprint density at radius 3 is 3.05 bits per heavy atom. The summed E-state index contributed by atoms with van der Waals surface area (Å²) >= 11 is 1.61. The molecule has 2 heterocycles. The quantitative estimate of drug-likeness (QED) is 0.734. The van der Waals surface area contributed by atoms with Crippen LogP contribution in [0.2, 0.25) is 0 Å². The van der Waals surface area contributed by atoms with Crippen molar-refractivity contribution in [2.75, 3.05) is 13.7 Å². The number of aromatic nitrogens is 1. The maximum Gasteiger partial charge on any atom is 0.225 e. The fraction of sp³-hybridized carbons (Fsp3) is 0.235. The summed E-state index contributed by atoms with van der Waals surface area (Å²) in [6, 6.07) is 9.93. The lowest BCUT2D eigenvalue weighted by Gasteiger charge is -2.04. The van der Waals surface area contributed by atoms with Gasteiger partial charge in [-0.3, -0.25) is 4.79 Å². The van der Waals surface area contributed by atoms with E-state index in [4.69, 9.17) is 4.74 Å². The second-order valence-corrected chi connectivity index (χ2v) is 6.11. The van der Waals surface area contributed by atoms with Crippen molar-refractivity contribution in [3.05, 3.63) is 52.3 Å². The summed E-state index contributed by atoms with van der Waals surface area (Å²) in [6.07, 6.45) is 3.26. The molecule has 0 saturated heterocycles. The molecule has 3 aromatic rings. The molecule has 0 atom stereocenters. The number of benzene rings is 1. The first-order chi connectivity index (χ1) is 10.8. The van der Waals surface area contributed by atoms with Crippen LogP contribution in [0.3, 0.4) is 0 Å². The number of H-pyrrole nitrogens is 1. The second-order valence-electron chi connectivity index (χ2n) is 5.08. The first-order valence-electron chi connectivity index (χ1n) is 7.19. The number of hydrogen-bond acceptors (Lipinski definition) is 3. The van der Waals surface area contributed by atoms with Crippen molar-refractivity contribution in [3.63, 3.8) is 0 Å². The number of nitrogens with one attached hydrogen (secondary N) is 2. The summed E-state index contributed by atoms with van der Waals surface area (Å²) in [5.74, 6) is 0.911. The van der Waals surface area contributed by atoms with Gasteiger partial charge in [-0.1, -0.05) is 6.07 Å². The van der Waals surface area contributed by atoms with Gasteiger partial charge in [0.1, 0.15) is 5.75 Å². The molecular weight excluding hydrogens is 296 g/mol. The number of ether oxygens (including phenoxy) is 1. The summed E-state index contributed by atoms with van der Waals surface area (Å²) in [7, 11) is 1.66. The van der Waals surface area contributed by atoms with E-state index in [0.29, 0.717) is 13.0 Å². The molecule has 0 fully saturated rings. The predicted molar refractivity (Wildman–Crippen MR) is 89.6 cm³/mol. The molecule has 114 valence electrons. The minimum atomic E-state index is 0.0731. The van der Waals surface area contributed by atoms with Gasteiger partial charge in [0.05, 0.1) is 13.5 Å². The minimum absolute atomic E-state index is 0.0731. The normalized spacial score (nSPS) is 10.8. The van der Waals surface area contributed by atoms with E-state index in [1.54, 1.807) is 18.4 Å². The molecule has 0 aliphatic carbocycles. The summed E-state index contributed by atoms with van der Waals surface area (Å²) < 4.78 is 5.22. The highest BCUT2D eigenvalue weighted by molar-refractivity contribution is 7.10. The van der Waals surface area contributed by atoms with Gasteiger partial charge in [-0.2, -0.15) is 0 Å². The van der Waals surface area contributed by atoms with Gasteiger partial charge in [0, 0.05) is 34.6 Å². The van der Waals surface area contributed by atoms with Crippen molar-refractivity contribution >= 4 is 28.1 Å². The van der Waals surface area contributed by atoms with Crippen LogP contribution >= 0.6 is 11.3 Å². The van der Waals surface area contributed by atoms with Crippen LogP contribution in [0.1, 0.15) is 10.4 Å². The molecule has 0 spiro atoms. The number of hydrogen-bond donors (Lipinski definition) is 2. The minimum Gasteiger partial charge on any atom is -0.497 e. The average molecular weight is 314 g/mol. The van der Waals surface area contributed by atoms with Gasteiger partial charge in [-0.05, 0) is 35.6 Å². The van der Waals surface area contributed by atoms with Crippen LogP contribution < -0.4 is 10.1 Å². The topological polar surface area (TPSA) is 54.1 Å². The smallest absolute Gasteiger partial charge is 0.225 e. The Labute approximate surface area is 133 Å². The third-order valence-corrected chi connectivity index (χ3v) is 4.48. The highest BCUT2D eigenvalue weighted by atomic mass is 32.1. The van der Waals surface area contributed by atoms with Crippen LogP contribution in [0, 0.1) is 0 Å². The Morgan fingerprint density at radius 1 is 1.36 bits per heavy atom. The number of aromatic amines is 1. The zero-order chi connectivity index (χ0) is 15.4. The predicted octanol–water partition coefficient (Wildman–Crippen LogP) is 3.14. The summed E-state index contributed by atoms with van der Waals surface area (Å²) in [5, 5.41) is 6.14. The molecule has 2 N–H and O–H groups in total. The summed E-state index contributed by atoms with van der Waals surface area (Å²) in [6.45, 7) is 0.642. The van der Waals surface area contributed by atoms with Gasteiger partial charge in [-0.25, -0.2) is 0 Å². The van der Waals surface area contributed by atoms with Gasteiger partial charge in [0.15, 0.2) is 0 Å². The van der Waals surface area contributed by atoms with Crippen molar-refractivity contribution in [3.8, 4) is 5.75 Å². The maximum absolute atomic E-state index is 11.9. The van der Waals surface area contributed by atoms with Crippen molar-refractivity contribution in [1.29, 1.82) is 0 Å². The zero-order valence-electron chi connectivity index (χ0n) is 12.4. The molecule has 4 nitrogen and oxygen atoms in total. The van der Waals surface area contributed by atoms with Gasteiger partial charge in [-0.15, -0.1) is 11.3 Å². The molecule has 1 amide bonds. The van der Waals surface area contributed by atoms with Crippen molar-refractivity contribution in [2.45, 2.75) is 12.8 Å². The summed E-state index contributed by atoms with van der Waals surface area (Å²) in [5.41, 5.74) is 2.26. The van der Waals surface area contributed by atoms with Gasteiger partial charge >= 0.3 is 0 Å². The zero-order valence-corrected chi connectivity index (χ0v) is 13.2. The Kier molecular flexibility index (Phi) is 4.44. The van der Waals surface area contributed by atoms with Gasteiger partial charge < -0.3 is 15.0 Å². The number of fused-ring (bicyclic) bond motifs is 1. The number of amides is 1. The molecule has 1 aromatic carbocycles. The first kappa shape index (κ1) is 14.7. The van der Waals surface area contributed by atoms with E-state index in [1.807, 2.05) is 41.9 Å². The summed E-state index contributed by atoms with van der Waals surface area (Å²) in [4.78, 5) is 16.2. The molecule has 0 bridgehead atoms. The largest absolute Gasteiger partial charge is 0.497 e. The number of carbonyl (C=O) groups excluding carboxylic acids is 1. The van der Waals surface area contributed by atoms with E-state index in [9.17, 15) is 4.79 Å². The maximum atomic E-state index is 11.9. The highest BCUT2D eigenvalue weighted by Gasteiger charge is 2.07. The third kappa shape index (κ3) is 3.31. The van der Waals surface area contributed by atoms with Crippen molar-refractivity contribution in [1.82, 2.24) is 10.3 Å². The fourth-order valence-electron chi connectivity index (χ4n) is 2.47. The van der Waals surface area contributed by atoms with Crippen LogP contribution in [0.25, 0.3) is 10.9 Å². The third-order valence-electron chi connectivity index (χ3n) is 3.61. The monoisotopic (exact) mass is 314 g/mol. The van der Waals surface area contributed by atoms with E-state index >= 15 is 0 Å². The number of carbonyl (C=O) groups is 1. The molecular formula is C17H18N2O2S. The van der Waals surface area contributed by atoms with Gasteiger partial charge in [0.25, 0.3) is 0 Å². The molecule has 2 aromatic heterocycles. The van der Waals surface area contributed by atoms with Crippen LogP contribution in [-0.4, -0.2) is 24.5 Å². The highest BCUT2D eigenvalue weighted by Crippen LogP contribution is 2.23. The molecule has 5 heteroatoms. The standard InChI is InChI=1S/C17H18N2O2S/c1-21-13-4-5-15-12(11-19-16(15)9-13)6-7-18-17(20)10-14-3-2-8-22-14/h2-5,8-9,11,19H,6-7,10H2,1H3,(H,18,20). The lowest BCUT2D eigenvalue weighted by molar-refractivity contribution is -0.120. The van der Waals surface area contributed by atoms with Gasteiger partial charge in [0.2, 0.25) is 5.91 Å². The molecule has 0 saturated carbocycles. The molecule has 3 rings (SSSR count). The average Bonchev–Trinajstić information content (AvgIpc) is 3.16. The molecule has 0 radical (unpaired) electrons. The Bertz CT molecular complexity index is 762. The first-order valence-corrected chi connectivity index (χ1v) is 8.07. The van der Waals surface area contributed by atoms with Crippen molar-refractivity contribution in [2.24, 2.45) is 0 Å². The second kappa shape index (κ2) is 6.66. The van der Waals surface area contributed by atoms with E-state index in [2.05, 4.69) is 10.3 Å². The number of rotatable bonds is 6. The lowest BCUT2D eigenvalue weighted by Crippen LogP contribution is -2.26. The number of methoxy groups -OCH3 is 1. The van der Waals surface area contributed by atoms with Crippen LogP contribution in [0.4, 0.5) is 0 Å². The Balaban J connectivity index is 1.56. The fourth-order valence-corrected chi connectivity index (χ4v) is 3.17. The molecule has 22 heavy (non-hydrogen) atoms. The SMILES string of the molecule is COc1ccc2c(CCNC(=O)Cc3cccs3)c[nH]c2c1. The molecule has 0 aliphatic heterocycles. The van der Waals surface area contributed by atoms with Crippen LogP contribution in [0.15, 0.2) is 41.9 Å². The number of thiophene rings is 1. The Hall–Kier alpha value is -2.27.